The van der Waals surface area contributed by atoms with Gasteiger partial charge in [-0.2, -0.15) is 0 Å². The first-order valence-corrected chi connectivity index (χ1v) is 8.11. The Morgan fingerprint density at radius 1 is 0.625 bits per heavy atom. The number of aliphatic hydroxyl groups excluding tert-OH is 5. The molecule has 0 aliphatic heterocycles. The quantitative estimate of drug-likeness (QED) is 0.187. The van der Waals surface area contributed by atoms with Gasteiger partial charge in [-0.15, -0.1) is 0 Å². The summed E-state index contributed by atoms with van der Waals surface area (Å²) in [6, 6.07) is 0. The average Bonchev–Trinajstić information content (AvgIpc) is 2.49. The molecule has 24 heavy (non-hydrogen) atoms. The fourth-order valence-corrected chi connectivity index (χ4v) is 0.748. The van der Waals surface area contributed by atoms with E-state index < -0.39 is 18.9 Å². The Morgan fingerprint density at radius 3 is 1.00 bits per heavy atom. The molecule has 0 saturated heterocycles. The normalized spacial score (nSPS) is 9.75. The summed E-state index contributed by atoms with van der Waals surface area (Å²) in [5, 5.41) is 64.4. The molecular weight excluding hydrogens is 324 g/mol. The molecular formula is C15H38O9. The molecule has 0 aromatic carbocycles. The third-order valence-corrected chi connectivity index (χ3v) is 1.93. The first-order chi connectivity index (χ1) is 11.2. The van der Waals surface area contributed by atoms with Crippen molar-refractivity contribution in [2.24, 2.45) is 0 Å². The van der Waals surface area contributed by atoms with Crippen LogP contribution >= 0.6 is 0 Å². The zero-order valence-corrected chi connectivity index (χ0v) is 15.1. The summed E-state index contributed by atoms with van der Waals surface area (Å²) >= 11 is 0. The molecule has 0 aromatic rings. The molecule has 0 saturated carbocycles. The van der Waals surface area contributed by atoms with E-state index in [9.17, 15) is 0 Å². The highest BCUT2D eigenvalue weighted by Gasteiger charge is 1.89. The van der Waals surface area contributed by atoms with Crippen molar-refractivity contribution in [2.45, 2.75) is 71.7 Å². The van der Waals surface area contributed by atoms with Crippen molar-refractivity contribution in [1.82, 2.24) is 0 Å². The van der Waals surface area contributed by atoms with Crippen molar-refractivity contribution in [3.8, 4) is 0 Å². The Kier molecular flexibility index (Phi) is 39.9. The lowest BCUT2D eigenvalue weighted by molar-refractivity contribution is -0.0460. The van der Waals surface area contributed by atoms with Gasteiger partial charge in [-0.25, -0.2) is 0 Å². The fourth-order valence-electron chi connectivity index (χ4n) is 0.748. The van der Waals surface area contributed by atoms with Crippen LogP contribution in [0.3, 0.4) is 0 Å². The molecule has 0 heterocycles. The molecule has 0 aliphatic rings. The minimum atomic E-state index is -1.12. The zero-order chi connectivity index (χ0) is 19.8. The van der Waals surface area contributed by atoms with Gasteiger partial charge in [0, 0.05) is 0 Å². The van der Waals surface area contributed by atoms with Gasteiger partial charge < -0.3 is 45.6 Å². The molecule has 9 nitrogen and oxygen atoms in total. The van der Waals surface area contributed by atoms with Gasteiger partial charge in [0.1, 0.15) is 0 Å². The lowest BCUT2D eigenvalue weighted by Crippen LogP contribution is -2.03. The maximum Gasteiger partial charge on any atom is 0.151 e. The monoisotopic (exact) mass is 362 g/mol. The van der Waals surface area contributed by atoms with E-state index in [0.29, 0.717) is 32.5 Å². The van der Waals surface area contributed by atoms with Crippen LogP contribution in [0.2, 0.25) is 0 Å². The molecule has 0 radical (unpaired) electrons. The Morgan fingerprint density at radius 2 is 0.917 bits per heavy atom. The summed E-state index contributed by atoms with van der Waals surface area (Å²) in [4.78, 5) is 0. The second-order valence-corrected chi connectivity index (χ2v) is 4.49. The molecule has 152 valence electrons. The second kappa shape index (κ2) is 30.5. The number of hydrogen-bond acceptors (Lipinski definition) is 9. The van der Waals surface area contributed by atoms with Crippen molar-refractivity contribution in [2.75, 3.05) is 26.4 Å². The van der Waals surface area contributed by atoms with Gasteiger partial charge in [0.2, 0.25) is 0 Å². The van der Waals surface area contributed by atoms with Gasteiger partial charge in [0.15, 0.2) is 18.9 Å². The van der Waals surface area contributed by atoms with E-state index in [1.165, 1.54) is 0 Å². The van der Waals surface area contributed by atoms with Crippen molar-refractivity contribution in [3.63, 3.8) is 0 Å². The Labute approximate surface area is 144 Å². The third-order valence-electron chi connectivity index (χ3n) is 1.93. The van der Waals surface area contributed by atoms with Gasteiger partial charge in [-0.3, -0.25) is 0 Å². The van der Waals surface area contributed by atoms with Crippen molar-refractivity contribution >= 4 is 0 Å². The van der Waals surface area contributed by atoms with Crippen molar-refractivity contribution in [1.29, 1.82) is 0 Å². The Bertz CT molecular complexity index is 164. The van der Waals surface area contributed by atoms with Crippen LogP contribution in [0.1, 0.15) is 52.9 Å². The van der Waals surface area contributed by atoms with Crippen LogP contribution in [0.15, 0.2) is 0 Å². The zero-order valence-electron chi connectivity index (χ0n) is 15.1. The standard InChI is InChI=1S/C4H10O3.2C4H10O2.C3H8O2/c5-1-3-7-4-2-6;2*1-2-3-4(5)6;1-2-3(4)5/h5-6H,1-4H2;2*4-6H,2-3H2,1H3;3-5H,2H2,1H3. The summed E-state index contributed by atoms with van der Waals surface area (Å²) in [7, 11) is 0. The summed E-state index contributed by atoms with van der Waals surface area (Å²) in [5.74, 6) is 0. The second-order valence-electron chi connectivity index (χ2n) is 4.49. The number of aliphatic hydroxyl groups is 8. The van der Waals surface area contributed by atoms with Gasteiger partial charge in [-0.05, 0) is 19.3 Å². The fraction of sp³-hybridized carbons (Fsp3) is 1.00. The topological polar surface area (TPSA) is 171 Å². The van der Waals surface area contributed by atoms with E-state index in [1.807, 2.05) is 13.8 Å². The molecule has 0 unspecified atom stereocenters. The van der Waals surface area contributed by atoms with Crippen LogP contribution in [0, 0.1) is 0 Å². The van der Waals surface area contributed by atoms with E-state index in [1.54, 1.807) is 6.92 Å². The van der Waals surface area contributed by atoms with E-state index in [0.717, 1.165) is 12.8 Å². The first kappa shape index (κ1) is 31.4. The lowest BCUT2D eigenvalue weighted by Gasteiger charge is -1.94. The van der Waals surface area contributed by atoms with E-state index in [2.05, 4.69) is 4.74 Å². The molecule has 9 heteroatoms. The van der Waals surface area contributed by atoms with E-state index in [-0.39, 0.29) is 13.2 Å². The highest BCUT2D eigenvalue weighted by atomic mass is 16.5. The van der Waals surface area contributed by atoms with Gasteiger partial charge >= 0.3 is 0 Å². The lowest BCUT2D eigenvalue weighted by atomic mass is 10.3. The van der Waals surface area contributed by atoms with Crippen LogP contribution in [-0.4, -0.2) is 86.1 Å². The van der Waals surface area contributed by atoms with Crippen LogP contribution < -0.4 is 0 Å². The molecule has 0 bridgehead atoms. The first-order valence-electron chi connectivity index (χ1n) is 8.11. The molecule has 0 amide bonds. The Hall–Kier alpha value is -0.360. The molecule has 0 aliphatic carbocycles. The average molecular weight is 362 g/mol. The maximum atomic E-state index is 8.11. The summed E-state index contributed by atoms with van der Waals surface area (Å²) in [6.45, 7) is 6.20. The molecule has 8 N–H and O–H groups in total. The predicted octanol–water partition coefficient (Wildman–Crippen LogP) is -1.11. The van der Waals surface area contributed by atoms with Crippen LogP contribution in [0.25, 0.3) is 0 Å². The summed E-state index contributed by atoms with van der Waals surface area (Å²) in [6.07, 6.45) is -0.269. The summed E-state index contributed by atoms with van der Waals surface area (Å²) in [5.41, 5.74) is 0. The number of ether oxygens (including phenoxy) is 1. The van der Waals surface area contributed by atoms with E-state index in [4.69, 9.17) is 40.9 Å². The van der Waals surface area contributed by atoms with Gasteiger partial charge in [0.25, 0.3) is 0 Å². The SMILES string of the molecule is CCC(O)O.CCCC(O)O.CCCC(O)O.OCCOCCO. The highest BCUT2D eigenvalue weighted by Crippen LogP contribution is 1.88. The molecule has 0 fully saturated rings. The summed E-state index contributed by atoms with van der Waals surface area (Å²) < 4.78 is 4.63. The molecule has 0 spiro atoms. The third kappa shape index (κ3) is 68.0. The Balaban J connectivity index is -0.000000112. The van der Waals surface area contributed by atoms with Crippen molar-refractivity contribution in [3.05, 3.63) is 0 Å². The largest absolute Gasteiger partial charge is 0.394 e. The van der Waals surface area contributed by atoms with Crippen molar-refractivity contribution < 1.29 is 45.6 Å². The molecule has 0 rings (SSSR count). The smallest absolute Gasteiger partial charge is 0.151 e. The minimum Gasteiger partial charge on any atom is -0.394 e. The van der Waals surface area contributed by atoms with Crippen LogP contribution in [-0.2, 0) is 4.74 Å². The molecule has 0 aromatic heterocycles. The highest BCUT2D eigenvalue weighted by molar-refractivity contribution is 4.31. The number of hydrogen-bond donors (Lipinski definition) is 8. The van der Waals surface area contributed by atoms with Gasteiger partial charge in [-0.1, -0.05) is 33.6 Å². The maximum absolute atomic E-state index is 8.11. The molecule has 0 atom stereocenters. The van der Waals surface area contributed by atoms with Gasteiger partial charge in [0.05, 0.1) is 26.4 Å². The van der Waals surface area contributed by atoms with Crippen LogP contribution in [0.4, 0.5) is 0 Å². The predicted molar refractivity (Wildman–Crippen MR) is 89.8 cm³/mol. The number of rotatable bonds is 9. The van der Waals surface area contributed by atoms with E-state index >= 15 is 0 Å². The minimum absolute atomic E-state index is 0.0278. The van der Waals surface area contributed by atoms with Crippen LogP contribution in [0.5, 0.6) is 0 Å².